The van der Waals surface area contributed by atoms with Gasteiger partial charge < -0.3 is 10.1 Å². The number of aromatic nitrogens is 1. The Morgan fingerprint density at radius 1 is 1.06 bits per heavy atom. The van der Waals surface area contributed by atoms with Crippen LogP contribution in [0, 0.1) is 5.82 Å². The maximum Gasteiger partial charge on any atom is 0.405 e. The third kappa shape index (κ3) is 5.41. The minimum Gasteiger partial charge on any atom is -0.379 e. The molecule has 1 saturated heterocycles. The molecule has 32 heavy (non-hydrogen) atoms. The first-order valence-electron chi connectivity index (χ1n) is 10.1. The lowest BCUT2D eigenvalue weighted by Gasteiger charge is -2.26. The van der Waals surface area contributed by atoms with E-state index in [9.17, 15) is 22.4 Å². The second-order valence-corrected chi connectivity index (χ2v) is 7.60. The highest BCUT2D eigenvalue weighted by Crippen LogP contribution is 2.26. The Hall–Kier alpha value is -3.04. The Bertz CT molecular complexity index is 1110. The molecule has 0 atom stereocenters. The van der Waals surface area contributed by atoms with E-state index in [1.54, 1.807) is 0 Å². The third-order valence-electron chi connectivity index (χ3n) is 5.22. The summed E-state index contributed by atoms with van der Waals surface area (Å²) >= 11 is 0. The quantitative estimate of drug-likeness (QED) is 0.597. The highest BCUT2D eigenvalue weighted by Gasteiger charge is 2.28. The van der Waals surface area contributed by atoms with Crippen LogP contribution in [0.25, 0.3) is 22.2 Å². The van der Waals surface area contributed by atoms with E-state index >= 15 is 0 Å². The summed E-state index contributed by atoms with van der Waals surface area (Å²) in [6, 6.07) is 12.7. The Morgan fingerprint density at radius 2 is 1.78 bits per heavy atom. The van der Waals surface area contributed by atoms with Gasteiger partial charge in [-0.2, -0.15) is 13.2 Å². The third-order valence-corrected chi connectivity index (χ3v) is 5.22. The van der Waals surface area contributed by atoms with E-state index < -0.39 is 24.4 Å². The number of hydrogen-bond acceptors (Lipinski definition) is 4. The summed E-state index contributed by atoms with van der Waals surface area (Å²) in [4.78, 5) is 19.3. The van der Waals surface area contributed by atoms with Crippen LogP contribution < -0.4 is 5.32 Å². The van der Waals surface area contributed by atoms with Gasteiger partial charge in [0.25, 0.3) is 5.91 Å². The van der Waals surface area contributed by atoms with Gasteiger partial charge in [0.2, 0.25) is 0 Å². The number of benzene rings is 2. The Balaban J connectivity index is 1.63. The summed E-state index contributed by atoms with van der Waals surface area (Å²) in [6.45, 7) is 2.44. The van der Waals surface area contributed by atoms with Gasteiger partial charge in [-0.25, -0.2) is 9.37 Å². The highest BCUT2D eigenvalue weighted by atomic mass is 19.4. The molecule has 0 spiro atoms. The maximum absolute atomic E-state index is 13.8. The number of rotatable bonds is 5. The number of morpholine rings is 1. The lowest BCUT2D eigenvalue weighted by molar-refractivity contribution is -0.123. The van der Waals surface area contributed by atoms with Crippen molar-refractivity contribution in [1.82, 2.24) is 15.2 Å². The molecule has 9 heteroatoms. The van der Waals surface area contributed by atoms with Crippen molar-refractivity contribution >= 4 is 16.8 Å². The summed E-state index contributed by atoms with van der Waals surface area (Å²) in [6.07, 6.45) is -4.55. The molecular weight excluding hydrogens is 426 g/mol. The smallest absolute Gasteiger partial charge is 0.379 e. The van der Waals surface area contributed by atoms with Gasteiger partial charge in [0, 0.05) is 30.6 Å². The predicted molar refractivity (Wildman–Crippen MR) is 112 cm³/mol. The number of nitrogens with one attached hydrogen (secondary N) is 1. The van der Waals surface area contributed by atoms with E-state index in [1.165, 1.54) is 18.2 Å². The number of carbonyl (C=O) groups is 1. The molecular formula is C23H21F4N3O2. The molecule has 4 rings (SSSR count). The molecule has 0 radical (unpaired) electrons. The maximum atomic E-state index is 13.8. The second kappa shape index (κ2) is 9.22. The lowest BCUT2D eigenvalue weighted by Crippen LogP contribution is -2.35. The van der Waals surface area contributed by atoms with Crippen LogP contribution in [0.4, 0.5) is 17.6 Å². The van der Waals surface area contributed by atoms with Crippen molar-refractivity contribution in [2.45, 2.75) is 12.7 Å². The molecule has 2 heterocycles. The molecule has 168 valence electrons. The molecule has 3 aromatic rings. The fraction of sp³-hybridized carbons (Fsp3) is 0.304. The molecule has 5 nitrogen and oxygen atoms in total. The van der Waals surface area contributed by atoms with Crippen LogP contribution >= 0.6 is 0 Å². The second-order valence-electron chi connectivity index (χ2n) is 7.60. The number of hydrogen-bond donors (Lipinski definition) is 1. The average Bonchev–Trinajstić information content (AvgIpc) is 2.77. The molecule has 1 N–H and O–H groups in total. The van der Waals surface area contributed by atoms with Crippen LogP contribution in [0.5, 0.6) is 0 Å². The topological polar surface area (TPSA) is 54.5 Å². The van der Waals surface area contributed by atoms with Gasteiger partial charge in [-0.3, -0.25) is 9.69 Å². The lowest BCUT2D eigenvalue weighted by atomic mass is 10.0. The molecule has 1 aromatic heterocycles. The van der Waals surface area contributed by atoms with E-state index in [0.29, 0.717) is 30.0 Å². The number of ether oxygens (including phenoxy) is 1. The fourth-order valence-electron chi connectivity index (χ4n) is 3.61. The zero-order valence-electron chi connectivity index (χ0n) is 17.1. The number of nitrogens with zero attached hydrogens (tertiary/aromatic N) is 2. The van der Waals surface area contributed by atoms with E-state index in [2.05, 4.69) is 9.88 Å². The first-order chi connectivity index (χ1) is 15.3. The number of pyridine rings is 1. The zero-order valence-corrected chi connectivity index (χ0v) is 17.1. The van der Waals surface area contributed by atoms with Gasteiger partial charge in [-0.05, 0) is 29.8 Å². The van der Waals surface area contributed by atoms with E-state index in [0.717, 1.165) is 31.3 Å². The molecule has 0 aliphatic carbocycles. The number of fused-ring (bicyclic) bond motifs is 1. The van der Waals surface area contributed by atoms with Gasteiger partial charge in [0.1, 0.15) is 12.4 Å². The van der Waals surface area contributed by atoms with Crippen LogP contribution in [-0.2, 0) is 11.3 Å². The van der Waals surface area contributed by atoms with E-state index in [-0.39, 0.29) is 10.9 Å². The van der Waals surface area contributed by atoms with Gasteiger partial charge in [0.05, 0.1) is 30.0 Å². The summed E-state index contributed by atoms with van der Waals surface area (Å²) in [5.74, 6) is -1.55. The van der Waals surface area contributed by atoms with Crippen LogP contribution in [0.15, 0.2) is 48.5 Å². The van der Waals surface area contributed by atoms with Gasteiger partial charge >= 0.3 is 6.18 Å². The first kappa shape index (κ1) is 22.2. The summed E-state index contributed by atoms with van der Waals surface area (Å²) in [7, 11) is 0. The summed E-state index contributed by atoms with van der Waals surface area (Å²) < 4.78 is 56.8. The standard InChI is InChI=1S/C23H21F4N3O2/c24-17-5-6-20-18(11-17)19(22(31)28-14-23(25,26)27)12-21(29-20)16-3-1-15(2-4-16)13-30-7-9-32-10-8-30/h1-6,11-12H,7-10,13-14H2,(H,28,31). The highest BCUT2D eigenvalue weighted by molar-refractivity contribution is 6.07. The number of amides is 1. The first-order valence-corrected chi connectivity index (χ1v) is 10.1. The van der Waals surface area contributed by atoms with Gasteiger partial charge in [0.15, 0.2) is 0 Å². The minimum absolute atomic E-state index is 0.0638. The molecule has 0 unspecified atom stereocenters. The normalized spacial score (nSPS) is 15.1. The fourth-order valence-corrected chi connectivity index (χ4v) is 3.61. The number of carbonyl (C=O) groups excluding carboxylic acids is 1. The van der Waals surface area contributed by atoms with Crippen LogP contribution in [0.2, 0.25) is 0 Å². The van der Waals surface area contributed by atoms with Crippen molar-refractivity contribution in [3.63, 3.8) is 0 Å². The Morgan fingerprint density at radius 3 is 2.47 bits per heavy atom. The average molecular weight is 447 g/mol. The minimum atomic E-state index is -4.55. The van der Waals surface area contributed by atoms with Crippen molar-refractivity contribution in [2.75, 3.05) is 32.8 Å². The van der Waals surface area contributed by atoms with Crippen molar-refractivity contribution in [1.29, 1.82) is 0 Å². The molecule has 1 aliphatic heterocycles. The van der Waals surface area contributed by atoms with Crippen molar-refractivity contribution in [2.24, 2.45) is 0 Å². The largest absolute Gasteiger partial charge is 0.405 e. The Kier molecular flexibility index (Phi) is 6.38. The number of halogens is 4. The van der Waals surface area contributed by atoms with Crippen molar-refractivity contribution < 1.29 is 27.1 Å². The molecule has 1 fully saturated rings. The molecule has 1 aliphatic rings. The zero-order chi connectivity index (χ0) is 22.7. The SMILES string of the molecule is O=C(NCC(F)(F)F)c1cc(-c2ccc(CN3CCOCC3)cc2)nc2ccc(F)cc12. The van der Waals surface area contributed by atoms with Crippen LogP contribution in [0.3, 0.4) is 0 Å². The summed E-state index contributed by atoms with van der Waals surface area (Å²) in [5, 5.41) is 2.00. The molecule has 0 saturated carbocycles. The summed E-state index contributed by atoms with van der Waals surface area (Å²) in [5.41, 5.74) is 2.47. The van der Waals surface area contributed by atoms with E-state index in [4.69, 9.17) is 4.74 Å². The molecule has 0 bridgehead atoms. The molecule has 1 amide bonds. The van der Waals surface area contributed by atoms with Crippen molar-refractivity contribution in [3.05, 3.63) is 65.5 Å². The molecule has 2 aromatic carbocycles. The number of alkyl halides is 3. The van der Waals surface area contributed by atoms with E-state index in [1.807, 2.05) is 29.6 Å². The van der Waals surface area contributed by atoms with Crippen LogP contribution in [0.1, 0.15) is 15.9 Å². The van der Waals surface area contributed by atoms with Crippen molar-refractivity contribution in [3.8, 4) is 11.3 Å². The van der Waals surface area contributed by atoms with Gasteiger partial charge in [-0.1, -0.05) is 24.3 Å². The predicted octanol–water partition coefficient (Wildman–Crippen LogP) is 4.17. The monoisotopic (exact) mass is 447 g/mol. The van der Waals surface area contributed by atoms with Crippen LogP contribution in [-0.4, -0.2) is 54.8 Å². The van der Waals surface area contributed by atoms with Gasteiger partial charge in [-0.15, -0.1) is 0 Å². The Labute approximate surface area is 182 Å².